The summed E-state index contributed by atoms with van der Waals surface area (Å²) in [4.78, 5) is 17.4. The standard InChI is InChI=1S/C16H17N5O/c1-21(2)10-18-13-5-12(7-17-8-13)11-3-4-15-14(6-11)16(9-22)20-19-15/h3-9,18H,10H2,1-2H3,(H,19,20). The maximum Gasteiger partial charge on any atom is 0.168 e. The van der Waals surface area contributed by atoms with Crippen LogP contribution in [0.2, 0.25) is 0 Å². The Morgan fingerprint density at radius 2 is 2.09 bits per heavy atom. The molecule has 0 saturated heterocycles. The number of hydrogen-bond donors (Lipinski definition) is 2. The monoisotopic (exact) mass is 295 g/mol. The molecule has 1 aromatic carbocycles. The second-order valence-corrected chi connectivity index (χ2v) is 5.36. The van der Waals surface area contributed by atoms with Crippen LogP contribution in [0.4, 0.5) is 5.69 Å². The Bertz CT molecular complexity index is 809. The van der Waals surface area contributed by atoms with E-state index in [0.717, 1.165) is 40.7 Å². The summed E-state index contributed by atoms with van der Waals surface area (Å²) in [6.45, 7) is 0.737. The van der Waals surface area contributed by atoms with Gasteiger partial charge in [0.15, 0.2) is 6.29 Å². The third-order valence-electron chi connectivity index (χ3n) is 3.37. The molecule has 0 atom stereocenters. The molecule has 0 amide bonds. The van der Waals surface area contributed by atoms with E-state index in [1.165, 1.54) is 0 Å². The van der Waals surface area contributed by atoms with E-state index in [2.05, 4.69) is 20.5 Å². The summed E-state index contributed by atoms with van der Waals surface area (Å²) >= 11 is 0. The molecule has 3 rings (SSSR count). The molecular weight excluding hydrogens is 278 g/mol. The van der Waals surface area contributed by atoms with Crippen LogP contribution in [0, 0.1) is 0 Å². The van der Waals surface area contributed by atoms with E-state index in [1.807, 2.05) is 49.5 Å². The first-order chi connectivity index (χ1) is 10.7. The van der Waals surface area contributed by atoms with Gasteiger partial charge in [-0.25, -0.2) is 0 Å². The number of aromatic amines is 1. The fourth-order valence-corrected chi connectivity index (χ4v) is 2.24. The summed E-state index contributed by atoms with van der Waals surface area (Å²) in [7, 11) is 4.00. The second-order valence-electron chi connectivity index (χ2n) is 5.36. The predicted molar refractivity (Wildman–Crippen MR) is 86.9 cm³/mol. The van der Waals surface area contributed by atoms with Crippen molar-refractivity contribution in [1.82, 2.24) is 20.1 Å². The van der Waals surface area contributed by atoms with Crippen LogP contribution < -0.4 is 5.32 Å². The molecule has 0 unspecified atom stereocenters. The lowest BCUT2D eigenvalue weighted by atomic mass is 10.0. The highest BCUT2D eigenvalue weighted by Crippen LogP contribution is 2.26. The number of fused-ring (bicyclic) bond motifs is 1. The van der Waals surface area contributed by atoms with Gasteiger partial charge in [-0.1, -0.05) is 6.07 Å². The molecule has 0 spiro atoms. The van der Waals surface area contributed by atoms with E-state index in [0.29, 0.717) is 5.69 Å². The van der Waals surface area contributed by atoms with Crippen LogP contribution >= 0.6 is 0 Å². The molecule has 2 heterocycles. The van der Waals surface area contributed by atoms with Gasteiger partial charge < -0.3 is 5.32 Å². The molecule has 0 aliphatic rings. The molecule has 0 aliphatic heterocycles. The van der Waals surface area contributed by atoms with Gasteiger partial charge in [-0.15, -0.1) is 0 Å². The molecule has 0 radical (unpaired) electrons. The van der Waals surface area contributed by atoms with Gasteiger partial charge in [0.05, 0.1) is 24.1 Å². The van der Waals surface area contributed by atoms with Gasteiger partial charge >= 0.3 is 0 Å². The minimum Gasteiger partial charge on any atom is -0.371 e. The lowest BCUT2D eigenvalue weighted by Crippen LogP contribution is -2.20. The summed E-state index contributed by atoms with van der Waals surface area (Å²) in [5.74, 6) is 0. The molecule has 0 fully saturated rings. The molecule has 6 nitrogen and oxygen atoms in total. The van der Waals surface area contributed by atoms with E-state index in [1.54, 1.807) is 6.20 Å². The van der Waals surface area contributed by atoms with Crippen LogP contribution in [0.15, 0.2) is 36.7 Å². The molecule has 0 bridgehead atoms. The third kappa shape index (κ3) is 2.82. The summed E-state index contributed by atoms with van der Waals surface area (Å²) < 4.78 is 0. The molecule has 2 aromatic heterocycles. The van der Waals surface area contributed by atoms with Crippen molar-refractivity contribution in [2.75, 3.05) is 26.1 Å². The number of aldehydes is 1. The highest BCUT2D eigenvalue weighted by molar-refractivity contribution is 5.97. The SMILES string of the molecule is CN(C)CNc1cncc(-c2ccc3n[nH]c(C=O)c3c2)c1. The summed E-state index contributed by atoms with van der Waals surface area (Å²) in [5.41, 5.74) is 4.21. The number of nitrogens with one attached hydrogen (secondary N) is 2. The molecule has 0 aliphatic carbocycles. The number of nitrogens with zero attached hydrogens (tertiary/aromatic N) is 3. The molecule has 6 heteroatoms. The van der Waals surface area contributed by atoms with Crippen molar-refractivity contribution in [3.63, 3.8) is 0 Å². The predicted octanol–water partition coefficient (Wildman–Crippen LogP) is 2.37. The Kier molecular flexibility index (Phi) is 3.84. The number of anilines is 1. The first-order valence-electron chi connectivity index (χ1n) is 6.94. The Balaban J connectivity index is 1.96. The lowest BCUT2D eigenvalue weighted by molar-refractivity contribution is 0.112. The highest BCUT2D eigenvalue weighted by Gasteiger charge is 2.07. The maximum absolute atomic E-state index is 11.0. The summed E-state index contributed by atoms with van der Waals surface area (Å²) in [5, 5.41) is 11.0. The normalized spacial score (nSPS) is 11.0. The first-order valence-corrected chi connectivity index (χ1v) is 6.94. The number of carbonyl (C=O) groups is 1. The Labute approximate surface area is 128 Å². The molecule has 112 valence electrons. The number of rotatable bonds is 5. The summed E-state index contributed by atoms with van der Waals surface area (Å²) in [6, 6.07) is 7.87. The number of hydrogen-bond acceptors (Lipinski definition) is 5. The van der Waals surface area contributed by atoms with E-state index in [4.69, 9.17) is 0 Å². The molecular formula is C16H17N5O. The minimum absolute atomic E-state index is 0.492. The Hall–Kier alpha value is -2.73. The van der Waals surface area contributed by atoms with E-state index < -0.39 is 0 Å². The zero-order valence-corrected chi connectivity index (χ0v) is 12.5. The fraction of sp³-hybridized carbons (Fsp3) is 0.188. The largest absolute Gasteiger partial charge is 0.371 e. The zero-order chi connectivity index (χ0) is 15.5. The third-order valence-corrected chi connectivity index (χ3v) is 3.37. The quantitative estimate of drug-likeness (QED) is 0.558. The van der Waals surface area contributed by atoms with Crippen LogP contribution in [0.1, 0.15) is 10.5 Å². The van der Waals surface area contributed by atoms with Gasteiger partial charge in [0.25, 0.3) is 0 Å². The first kappa shape index (κ1) is 14.2. The highest BCUT2D eigenvalue weighted by atomic mass is 16.1. The zero-order valence-electron chi connectivity index (χ0n) is 12.5. The van der Waals surface area contributed by atoms with E-state index in [9.17, 15) is 4.79 Å². The molecule has 22 heavy (non-hydrogen) atoms. The summed E-state index contributed by atoms with van der Waals surface area (Å²) in [6.07, 6.45) is 4.38. The van der Waals surface area contributed by atoms with Crippen molar-refractivity contribution in [3.8, 4) is 11.1 Å². The van der Waals surface area contributed by atoms with E-state index in [-0.39, 0.29) is 0 Å². The van der Waals surface area contributed by atoms with Crippen molar-refractivity contribution < 1.29 is 4.79 Å². The average Bonchev–Trinajstić information content (AvgIpc) is 2.95. The van der Waals surface area contributed by atoms with Crippen LogP contribution in [0.5, 0.6) is 0 Å². The number of carbonyl (C=O) groups excluding carboxylic acids is 1. The van der Waals surface area contributed by atoms with Gasteiger partial charge in [0, 0.05) is 17.1 Å². The van der Waals surface area contributed by atoms with Crippen molar-refractivity contribution in [2.45, 2.75) is 0 Å². The Morgan fingerprint density at radius 1 is 1.23 bits per heavy atom. The van der Waals surface area contributed by atoms with Gasteiger partial charge in [-0.3, -0.25) is 19.8 Å². The fourth-order valence-electron chi connectivity index (χ4n) is 2.24. The molecule has 2 N–H and O–H groups in total. The van der Waals surface area contributed by atoms with Crippen LogP contribution in [-0.4, -0.2) is 47.1 Å². The van der Waals surface area contributed by atoms with Gasteiger partial charge in [0.1, 0.15) is 5.69 Å². The van der Waals surface area contributed by atoms with Crippen molar-refractivity contribution in [3.05, 3.63) is 42.4 Å². The Morgan fingerprint density at radius 3 is 2.86 bits per heavy atom. The van der Waals surface area contributed by atoms with Crippen LogP contribution in [0.25, 0.3) is 22.0 Å². The molecule has 3 aromatic rings. The average molecular weight is 295 g/mol. The van der Waals surface area contributed by atoms with Gasteiger partial charge in [-0.2, -0.15) is 5.10 Å². The van der Waals surface area contributed by atoms with Gasteiger partial charge in [0.2, 0.25) is 0 Å². The lowest BCUT2D eigenvalue weighted by Gasteiger charge is -2.12. The van der Waals surface area contributed by atoms with E-state index >= 15 is 0 Å². The molecule has 0 saturated carbocycles. The number of aromatic nitrogens is 3. The van der Waals surface area contributed by atoms with Crippen molar-refractivity contribution in [1.29, 1.82) is 0 Å². The van der Waals surface area contributed by atoms with Crippen molar-refractivity contribution >= 4 is 22.9 Å². The maximum atomic E-state index is 11.0. The number of benzene rings is 1. The minimum atomic E-state index is 0.492. The number of pyridine rings is 1. The number of H-pyrrole nitrogens is 1. The second kappa shape index (κ2) is 5.95. The smallest absolute Gasteiger partial charge is 0.168 e. The topological polar surface area (TPSA) is 73.9 Å². The van der Waals surface area contributed by atoms with Crippen LogP contribution in [0.3, 0.4) is 0 Å². The van der Waals surface area contributed by atoms with Crippen molar-refractivity contribution in [2.24, 2.45) is 0 Å². The van der Waals surface area contributed by atoms with Gasteiger partial charge in [-0.05, 0) is 37.9 Å². The van der Waals surface area contributed by atoms with Crippen LogP contribution in [-0.2, 0) is 0 Å².